The topological polar surface area (TPSA) is 73.5 Å². The highest BCUT2D eigenvalue weighted by Crippen LogP contribution is 1.90. The summed E-state index contributed by atoms with van der Waals surface area (Å²) in [6, 6.07) is -0.419. The predicted octanol–water partition coefficient (Wildman–Crippen LogP) is -1.26. The van der Waals surface area contributed by atoms with Crippen LogP contribution in [-0.2, 0) is 4.79 Å². The molecule has 0 saturated carbocycles. The van der Waals surface area contributed by atoms with Crippen LogP contribution in [0.15, 0.2) is 0 Å². The lowest BCUT2D eigenvalue weighted by atomic mass is 10.3. The van der Waals surface area contributed by atoms with Crippen molar-refractivity contribution in [2.75, 3.05) is 39.3 Å². The Morgan fingerprint density at radius 3 is 2.60 bits per heavy atom. The highest BCUT2D eigenvalue weighted by molar-refractivity contribution is 5.95. The maximum absolute atomic E-state index is 11.4. The number of imide groups is 1. The van der Waals surface area contributed by atoms with Crippen molar-refractivity contribution in [1.82, 2.24) is 20.9 Å². The number of carbonyl (C=O) groups is 2. The van der Waals surface area contributed by atoms with Gasteiger partial charge in [-0.1, -0.05) is 0 Å². The molecule has 3 amide bonds. The van der Waals surface area contributed by atoms with Crippen LogP contribution in [0.5, 0.6) is 0 Å². The predicted molar refractivity (Wildman–Crippen MR) is 56.5 cm³/mol. The van der Waals surface area contributed by atoms with Crippen molar-refractivity contribution in [3.05, 3.63) is 0 Å². The van der Waals surface area contributed by atoms with E-state index in [-0.39, 0.29) is 5.91 Å². The first-order chi connectivity index (χ1) is 7.22. The van der Waals surface area contributed by atoms with Crippen molar-refractivity contribution >= 4 is 11.9 Å². The number of rotatable bonds is 3. The molecule has 1 rings (SSSR count). The van der Waals surface area contributed by atoms with Crippen molar-refractivity contribution < 1.29 is 9.59 Å². The summed E-state index contributed by atoms with van der Waals surface area (Å²) in [7, 11) is 0. The molecule has 0 bridgehead atoms. The monoisotopic (exact) mass is 214 g/mol. The molecule has 0 radical (unpaired) electrons. The normalized spacial score (nSPS) is 17.1. The van der Waals surface area contributed by atoms with E-state index in [1.165, 1.54) is 0 Å². The zero-order chi connectivity index (χ0) is 11.1. The van der Waals surface area contributed by atoms with E-state index >= 15 is 0 Å². The molecule has 1 aliphatic heterocycles. The Kier molecular flexibility index (Phi) is 5.06. The Bertz CT molecular complexity index is 226. The molecule has 6 nitrogen and oxygen atoms in total. The smallest absolute Gasteiger partial charge is 0.321 e. The standard InChI is InChI=1S/C9H18N4O2/c1-2-11-9(15)12-8(14)7-13-5-3-10-4-6-13/h10H,2-7H2,1H3,(H2,11,12,14,15). The van der Waals surface area contributed by atoms with Gasteiger partial charge >= 0.3 is 6.03 Å². The van der Waals surface area contributed by atoms with E-state index in [4.69, 9.17) is 0 Å². The summed E-state index contributed by atoms with van der Waals surface area (Å²) in [6.45, 7) is 6.11. The molecule has 0 unspecified atom stereocenters. The maximum Gasteiger partial charge on any atom is 0.321 e. The molecule has 6 heteroatoms. The lowest BCUT2D eigenvalue weighted by Gasteiger charge is -2.26. The number of nitrogens with one attached hydrogen (secondary N) is 3. The first kappa shape index (κ1) is 11.9. The second-order valence-electron chi connectivity index (χ2n) is 3.43. The summed E-state index contributed by atoms with van der Waals surface area (Å²) >= 11 is 0. The van der Waals surface area contributed by atoms with Gasteiger partial charge in [-0.25, -0.2) is 4.79 Å². The molecule has 1 fully saturated rings. The molecule has 0 aromatic heterocycles. The Balaban J connectivity index is 2.19. The van der Waals surface area contributed by atoms with E-state index in [9.17, 15) is 9.59 Å². The second-order valence-corrected chi connectivity index (χ2v) is 3.43. The van der Waals surface area contributed by atoms with Crippen LogP contribution in [0.25, 0.3) is 0 Å². The number of urea groups is 1. The van der Waals surface area contributed by atoms with E-state index in [0.29, 0.717) is 13.1 Å². The summed E-state index contributed by atoms with van der Waals surface area (Å²) in [5, 5.41) is 7.99. The van der Waals surface area contributed by atoms with Gasteiger partial charge in [0.05, 0.1) is 6.54 Å². The van der Waals surface area contributed by atoms with E-state index in [2.05, 4.69) is 16.0 Å². The molecule has 0 spiro atoms. The van der Waals surface area contributed by atoms with Crippen LogP contribution in [-0.4, -0.2) is 56.1 Å². The van der Waals surface area contributed by atoms with E-state index in [1.807, 2.05) is 4.90 Å². The van der Waals surface area contributed by atoms with Gasteiger partial charge in [0, 0.05) is 32.7 Å². The highest BCUT2D eigenvalue weighted by Gasteiger charge is 2.14. The van der Waals surface area contributed by atoms with Gasteiger partial charge in [-0.15, -0.1) is 0 Å². The van der Waals surface area contributed by atoms with Gasteiger partial charge in [0.2, 0.25) is 5.91 Å². The lowest BCUT2D eigenvalue weighted by Crippen LogP contribution is -2.49. The van der Waals surface area contributed by atoms with Gasteiger partial charge in [0.15, 0.2) is 0 Å². The quantitative estimate of drug-likeness (QED) is 0.548. The van der Waals surface area contributed by atoms with Crippen molar-refractivity contribution in [2.24, 2.45) is 0 Å². The molecule has 1 heterocycles. The van der Waals surface area contributed by atoms with Gasteiger partial charge < -0.3 is 10.6 Å². The first-order valence-electron chi connectivity index (χ1n) is 5.23. The molecule has 86 valence electrons. The van der Waals surface area contributed by atoms with Crippen LogP contribution in [0.1, 0.15) is 6.92 Å². The van der Waals surface area contributed by atoms with Crippen molar-refractivity contribution in [3.63, 3.8) is 0 Å². The molecular weight excluding hydrogens is 196 g/mol. The Morgan fingerprint density at radius 2 is 2.00 bits per heavy atom. The van der Waals surface area contributed by atoms with Crippen LogP contribution in [0, 0.1) is 0 Å². The van der Waals surface area contributed by atoms with Crippen LogP contribution in [0.3, 0.4) is 0 Å². The Morgan fingerprint density at radius 1 is 1.33 bits per heavy atom. The number of nitrogens with zero attached hydrogens (tertiary/aromatic N) is 1. The molecular formula is C9H18N4O2. The molecule has 1 saturated heterocycles. The third-order valence-corrected chi connectivity index (χ3v) is 2.17. The number of carbonyl (C=O) groups excluding carboxylic acids is 2. The minimum absolute atomic E-state index is 0.247. The summed E-state index contributed by atoms with van der Waals surface area (Å²) in [5.74, 6) is -0.247. The maximum atomic E-state index is 11.4. The Labute approximate surface area is 89.4 Å². The average Bonchev–Trinajstić information content (AvgIpc) is 2.19. The van der Waals surface area contributed by atoms with Crippen molar-refractivity contribution in [1.29, 1.82) is 0 Å². The van der Waals surface area contributed by atoms with Crippen LogP contribution in [0.4, 0.5) is 4.79 Å². The lowest BCUT2D eigenvalue weighted by molar-refractivity contribution is -0.121. The van der Waals surface area contributed by atoms with E-state index in [1.54, 1.807) is 6.92 Å². The van der Waals surface area contributed by atoms with Gasteiger partial charge in [0.25, 0.3) is 0 Å². The first-order valence-corrected chi connectivity index (χ1v) is 5.23. The third kappa shape index (κ3) is 4.75. The minimum Gasteiger partial charge on any atom is -0.338 e. The number of amides is 3. The van der Waals surface area contributed by atoms with Crippen molar-refractivity contribution in [2.45, 2.75) is 6.92 Å². The number of piperazine rings is 1. The molecule has 0 atom stereocenters. The third-order valence-electron chi connectivity index (χ3n) is 2.17. The minimum atomic E-state index is -0.419. The van der Waals surface area contributed by atoms with Crippen LogP contribution < -0.4 is 16.0 Å². The van der Waals surface area contributed by atoms with Gasteiger partial charge in [-0.2, -0.15) is 0 Å². The van der Waals surface area contributed by atoms with E-state index < -0.39 is 6.03 Å². The summed E-state index contributed by atoms with van der Waals surface area (Å²) in [6.07, 6.45) is 0. The molecule has 3 N–H and O–H groups in total. The van der Waals surface area contributed by atoms with Gasteiger partial charge in [0.1, 0.15) is 0 Å². The molecule has 0 aromatic rings. The fourth-order valence-electron chi connectivity index (χ4n) is 1.44. The summed E-state index contributed by atoms with van der Waals surface area (Å²) < 4.78 is 0. The highest BCUT2D eigenvalue weighted by atomic mass is 16.2. The molecule has 0 aliphatic carbocycles. The summed E-state index contributed by atoms with van der Waals surface area (Å²) in [5.41, 5.74) is 0. The molecule has 15 heavy (non-hydrogen) atoms. The molecule has 0 aromatic carbocycles. The number of hydrogen-bond acceptors (Lipinski definition) is 4. The van der Waals surface area contributed by atoms with Crippen LogP contribution in [0.2, 0.25) is 0 Å². The Hall–Kier alpha value is -1.14. The summed E-state index contributed by atoms with van der Waals surface area (Å²) in [4.78, 5) is 24.4. The van der Waals surface area contributed by atoms with Crippen molar-refractivity contribution in [3.8, 4) is 0 Å². The second kappa shape index (κ2) is 6.36. The van der Waals surface area contributed by atoms with E-state index in [0.717, 1.165) is 26.2 Å². The average molecular weight is 214 g/mol. The van der Waals surface area contributed by atoms with Gasteiger partial charge in [-0.05, 0) is 6.92 Å². The SMILES string of the molecule is CCNC(=O)NC(=O)CN1CCNCC1. The molecule has 1 aliphatic rings. The number of hydrogen-bond donors (Lipinski definition) is 3. The fraction of sp³-hybridized carbons (Fsp3) is 0.778. The van der Waals surface area contributed by atoms with Gasteiger partial charge in [-0.3, -0.25) is 15.0 Å². The largest absolute Gasteiger partial charge is 0.338 e. The fourth-order valence-corrected chi connectivity index (χ4v) is 1.44. The zero-order valence-electron chi connectivity index (χ0n) is 9.01. The van der Waals surface area contributed by atoms with Crippen LogP contribution >= 0.6 is 0 Å². The zero-order valence-corrected chi connectivity index (χ0v) is 9.01.